The topological polar surface area (TPSA) is 41.6 Å². The predicted molar refractivity (Wildman–Crippen MR) is 104 cm³/mol. The maximum atomic E-state index is 13.0. The Hall–Kier alpha value is -2.17. The molecule has 3 atom stereocenters. The molecule has 1 N–H and O–H groups in total. The summed E-state index contributed by atoms with van der Waals surface area (Å²) in [4.78, 5) is 15.2. The van der Waals surface area contributed by atoms with Crippen molar-refractivity contribution in [1.82, 2.24) is 10.2 Å². The molecule has 0 saturated carbocycles. The van der Waals surface area contributed by atoms with Gasteiger partial charge >= 0.3 is 0 Å². The average molecular weight is 352 g/mol. The number of ether oxygens (including phenoxy) is 1. The lowest BCUT2D eigenvalue weighted by atomic mass is 9.98. The van der Waals surface area contributed by atoms with Gasteiger partial charge in [0.2, 0.25) is 5.91 Å². The lowest BCUT2D eigenvalue weighted by Crippen LogP contribution is -2.54. The molecule has 1 aliphatic heterocycles. The Morgan fingerprint density at radius 3 is 1.88 bits per heavy atom. The molecular formula is C22H28N2O2. The quantitative estimate of drug-likeness (QED) is 0.897. The van der Waals surface area contributed by atoms with Crippen LogP contribution in [0.3, 0.4) is 0 Å². The Labute approximate surface area is 156 Å². The Morgan fingerprint density at radius 1 is 0.962 bits per heavy atom. The van der Waals surface area contributed by atoms with Gasteiger partial charge in [-0.3, -0.25) is 9.69 Å². The smallest absolute Gasteiger partial charge is 0.237 e. The summed E-state index contributed by atoms with van der Waals surface area (Å²) in [5.41, 5.74) is 2.17. The highest BCUT2D eigenvalue weighted by Gasteiger charge is 2.30. The van der Waals surface area contributed by atoms with Gasteiger partial charge in [-0.05, 0) is 31.9 Å². The normalized spacial score (nSPS) is 22.2. The molecule has 0 aromatic heterocycles. The van der Waals surface area contributed by atoms with Crippen molar-refractivity contribution in [2.75, 3.05) is 13.1 Å². The molecular weight excluding hydrogens is 324 g/mol. The van der Waals surface area contributed by atoms with Gasteiger partial charge in [-0.15, -0.1) is 0 Å². The maximum absolute atomic E-state index is 13.0. The summed E-state index contributed by atoms with van der Waals surface area (Å²) < 4.78 is 5.79. The van der Waals surface area contributed by atoms with E-state index in [0.29, 0.717) is 0 Å². The summed E-state index contributed by atoms with van der Waals surface area (Å²) in [6.07, 6.45) is 0.293. The van der Waals surface area contributed by atoms with Crippen LogP contribution >= 0.6 is 0 Å². The predicted octanol–water partition coefficient (Wildman–Crippen LogP) is 3.39. The minimum absolute atomic E-state index is 0.0454. The van der Waals surface area contributed by atoms with Crippen LogP contribution in [0.2, 0.25) is 0 Å². The third kappa shape index (κ3) is 4.51. The molecule has 1 saturated heterocycles. The number of morpholine rings is 1. The largest absolute Gasteiger partial charge is 0.373 e. The van der Waals surface area contributed by atoms with Gasteiger partial charge in [0.15, 0.2) is 0 Å². The van der Waals surface area contributed by atoms with Crippen LogP contribution in [0.1, 0.15) is 37.9 Å². The van der Waals surface area contributed by atoms with Crippen molar-refractivity contribution in [3.05, 3.63) is 71.8 Å². The zero-order valence-corrected chi connectivity index (χ0v) is 15.8. The summed E-state index contributed by atoms with van der Waals surface area (Å²) in [5, 5.41) is 3.25. The van der Waals surface area contributed by atoms with E-state index >= 15 is 0 Å². The van der Waals surface area contributed by atoms with Gasteiger partial charge in [0.05, 0.1) is 24.3 Å². The van der Waals surface area contributed by atoms with Crippen molar-refractivity contribution in [3.63, 3.8) is 0 Å². The third-order valence-electron chi connectivity index (χ3n) is 4.93. The molecule has 0 radical (unpaired) electrons. The fourth-order valence-corrected chi connectivity index (χ4v) is 3.61. The third-order valence-corrected chi connectivity index (χ3v) is 4.93. The van der Waals surface area contributed by atoms with E-state index in [2.05, 4.69) is 48.3 Å². The number of carbonyl (C=O) groups excluding carboxylic acids is 1. The van der Waals surface area contributed by atoms with E-state index in [0.717, 1.165) is 24.2 Å². The number of hydrogen-bond donors (Lipinski definition) is 1. The fourth-order valence-electron chi connectivity index (χ4n) is 3.61. The minimum Gasteiger partial charge on any atom is -0.373 e. The van der Waals surface area contributed by atoms with E-state index < -0.39 is 0 Å². The van der Waals surface area contributed by atoms with E-state index in [1.165, 1.54) is 0 Å². The molecule has 0 aliphatic carbocycles. The second kappa shape index (κ2) is 8.47. The molecule has 0 bridgehead atoms. The van der Waals surface area contributed by atoms with Crippen LogP contribution in [0.4, 0.5) is 0 Å². The first-order valence-corrected chi connectivity index (χ1v) is 9.34. The number of nitrogens with one attached hydrogen (secondary N) is 1. The molecule has 4 nitrogen and oxygen atoms in total. The minimum atomic E-state index is -0.196. The van der Waals surface area contributed by atoms with Crippen molar-refractivity contribution >= 4 is 5.91 Å². The van der Waals surface area contributed by atoms with E-state index in [4.69, 9.17) is 4.74 Å². The SMILES string of the molecule is C[C@@H]1CN([C@@H](C)C(=O)NC(c2ccccc2)c2ccccc2)C[C@@H](C)O1. The molecule has 0 unspecified atom stereocenters. The van der Waals surface area contributed by atoms with Gasteiger partial charge in [0.1, 0.15) is 0 Å². The maximum Gasteiger partial charge on any atom is 0.237 e. The second-order valence-corrected chi connectivity index (χ2v) is 7.15. The fraction of sp³-hybridized carbons (Fsp3) is 0.409. The van der Waals surface area contributed by atoms with Crippen molar-refractivity contribution in [3.8, 4) is 0 Å². The molecule has 26 heavy (non-hydrogen) atoms. The van der Waals surface area contributed by atoms with Crippen LogP contribution in [0.5, 0.6) is 0 Å². The number of carbonyl (C=O) groups is 1. The molecule has 1 heterocycles. The molecule has 2 aromatic rings. The van der Waals surface area contributed by atoms with E-state index in [1.807, 2.05) is 43.3 Å². The van der Waals surface area contributed by atoms with Gasteiger partial charge in [-0.1, -0.05) is 60.7 Å². The molecule has 1 fully saturated rings. The number of benzene rings is 2. The highest BCUT2D eigenvalue weighted by Crippen LogP contribution is 2.22. The summed E-state index contributed by atoms with van der Waals surface area (Å²) in [5.74, 6) is 0.0454. The Bertz CT molecular complexity index is 655. The zero-order chi connectivity index (χ0) is 18.5. The zero-order valence-electron chi connectivity index (χ0n) is 15.8. The van der Waals surface area contributed by atoms with Crippen LogP contribution < -0.4 is 5.32 Å². The van der Waals surface area contributed by atoms with Crippen LogP contribution in [0.25, 0.3) is 0 Å². The first kappa shape index (κ1) is 18.6. The summed E-state index contributed by atoms with van der Waals surface area (Å²) in [6, 6.07) is 19.9. The van der Waals surface area contributed by atoms with Gasteiger partial charge in [0.25, 0.3) is 0 Å². The summed E-state index contributed by atoms with van der Waals surface area (Å²) in [6.45, 7) is 7.65. The average Bonchev–Trinajstić information content (AvgIpc) is 2.66. The van der Waals surface area contributed by atoms with Crippen LogP contribution in [0.15, 0.2) is 60.7 Å². The highest BCUT2D eigenvalue weighted by atomic mass is 16.5. The molecule has 138 valence electrons. The lowest BCUT2D eigenvalue weighted by molar-refractivity contribution is -0.132. The summed E-state index contributed by atoms with van der Waals surface area (Å²) in [7, 11) is 0. The molecule has 3 rings (SSSR count). The molecule has 4 heteroatoms. The van der Waals surface area contributed by atoms with Crippen LogP contribution in [0, 0.1) is 0 Å². The molecule has 2 aromatic carbocycles. The second-order valence-electron chi connectivity index (χ2n) is 7.15. The van der Waals surface area contributed by atoms with Crippen molar-refractivity contribution < 1.29 is 9.53 Å². The van der Waals surface area contributed by atoms with Crippen LogP contribution in [-0.4, -0.2) is 42.1 Å². The van der Waals surface area contributed by atoms with Crippen molar-refractivity contribution in [2.24, 2.45) is 0 Å². The lowest BCUT2D eigenvalue weighted by Gasteiger charge is -2.38. The van der Waals surface area contributed by atoms with Gasteiger partial charge in [-0.2, -0.15) is 0 Å². The van der Waals surface area contributed by atoms with E-state index in [1.54, 1.807) is 0 Å². The van der Waals surface area contributed by atoms with Gasteiger partial charge < -0.3 is 10.1 Å². The summed E-state index contributed by atoms with van der Waals surface area (Å²) >= 11 is 0. The Morgan fingerprint density at radius 2 is 1.42 bits per heavy atom. The number of nitrogens with zero attached hydrogens (tertiary/aromatic N) is 1. The van der Waals surface area contributed by atoms with Crippen molar-refractivity contribution in [2.45, 2.75) is 45.1 Å². The van der Waals surface area contributed by atoms with E-state index in [-0.39, 0.29) is 30.2 Å². The standard InChI is InChI=1S/C22H28N2O2/c1-16-14-24(15-17(2)26-16)18(3)22(25)23-21(19-10-6-4-7-11-19)20-12-8-5-9-13-20/h4-13,16-18,21H,14-15H2,1-3H3,(H,23,25)/t16-,17-,18+/m1/s1. The Kier molecular flexibility index (Phi) is 6.07. The van der Waals surface area contributed by atoms with Crippen molar-refractivity contribution in [1.29, 1.82) is 0 Å². The first-order valence-electron chi connectivity index (χ1n) is 9.34. The first-order chi connectivity index (χ1) is 12.5. The number of rotatable bonds is 5. The number of hydrogen-bond acceptors (Lipinski definition) is 3. The number of amides is 1. The van der Waals surface area contributed by atoms with E-state index in [9.17, 15) is 4.79 Å². The molecule has 0 spiro atoms. The van der Waals surface area contributed by atoms with Gasteiger partial charge in [-0.25, -0.2) is 0 Å². The monoisotopic (exact) mass is 352 g/mol. The highest BCUT2D eigenvalue weighted by molar-refractivity contribution is 5.82. The Balaban J connectivity index is 1.77. The van der Waals surface area contributed by atoms with Crippen LogP contribution in [-0.2, 0) is 9.53 Å². The molecule has 1 amide bonds. The molecule has 1 aliphatic rings. The van der Waals surface area contributed by atoms with Gasteiger partial charge in [0, 0.05) is 13.1 Å².